The van der Waals surface area contributed by atoms with E-state index in [1.54, 1.807) is 0 Å². The van der Waals surface area contributed by atoms with Crippen LogP contribution in [0.1, 0.15) is 52.4 Å². The first-order valence-corrected chi connectivity index (χ1v) is 7.68. The van der Waals surface area contributed by atoms with Gasteiger partial charge in [-0.3, -0.25) is 4.21 Å². The van der Waals surface area contributed by atoms with E-state index in [1.165, 1.54) is 19.3 Å². The zero-order valence-electron chi connectivity index (χ0n) is 10.1. The molecule has 0 amide bonds. The average Bonchev–Trinajstić information content (AvgIpc) is 2.29. The topological polar surface area (TPSA) is 43.1 Å². The molecule has 2 nitrogen and oxygen atoms in total. The van der Waals surface area contributed by atoms with Gasteiger partial charge in [0.05, 0.1) is 0 Å². The predicted molar refractivity (Wildman–Crippen MR) is 67.3 cm³/mol. The van der Waals surface area contributed by atoms with E-state index in [4.69, 9.17) is 5.73 Å². The van der Waals surface area contributed by atoms with Crippen LogP contribution in [0.25, 0.3) is 0 Å². The first-order valence-electron chi connectivity index (χ1n) is 6.30. The van der Waals surface area contributed by atoms with Gasteiger partial charge in [0.25, 0.3) is 0 Å². The van der Waals surface area contributed by atoms with Crippen LogP contribution in [0.4, 0.5) is 0 Å². The van der Waals surface area contributed by atoms with Crippen molar-refractivity contribution in [3.8, 4) is 0 Å². The molecule has 3 heteroatoms. The second-order valence-corrected chi connectivity index (χ2v) is 6.53. The van der Waals surface area contributed by atoms with Crippen LogP contribution in [0.2, 0.25) is 0 Å². The largest absolute Gasteiger partial charge is 0.327 e. The Hall–Kier alpha value is 0.110. The Morgan fingerprint density at radius 3 is 2.33 bits per heavy atom. The molecule has 0 spiro atoms. The van der Waals surface area contributed by atoms with Crippen LogP contribution >= 0.6 is 0 Å². The highest BCUT2D eigenvalue weighted by Gasteiger charge is 2.24. The van der Waals surface area contributed by atoms with Gasteiger partial charge in [-0.15, -0.1) is 0 Å². The summed E-state index contributed by atoms with van der Waals surface area (Å²) in [6, 6.07) is 0.134. The molecule has 0 aromatic carbocycles. The Bertz CT molecular complexity index is 200. The minimum absolute atomic E-state index is 0.134. The highest BCUT2D eigenvalue weighted by atomic mass is 32.2. The van der Waals surface area contributed by atoms with Crippen molar-refractivity contribution in [1.29, 1.82) is 0 Å². The van der Waals surface area contributed by atoms with Gasteiger partial charge in [0.1, 0.15) is 0 Å². The molecule has 0 heterocycles. The normalized spacial score (nSPS) is 31.1. The molecule has 1 fully saturated rings. The molecule has 0 aromatic heterocycles. The molecular formula is C12H25NOS. The molecule has 15 heavy (non-hydrogen) atoms. The zero-order chi connectivity index (χ0) is 11.3. The minimum atomic E-state index is -0.678. The Labute approximate surface area is 96.5 Å². The molecular weight excluding hydrogens is 206 g/mol. The van der Waals surface area contributed by atoms with Crippen molar-refractivity contribution in [1.82, 2.24) is 0 Å². The molecule has 1 saturated carbocycles. The highest BCUT2D eigenvalue weighted by Crippen LogP contribution is 2.29. The van der Waals surface area contributed by atoms with Gasteiger partial charge in [-0.25, -0.2) is 0 Å². The molecule has 2 unspecified atom stereocenters. The van der Waals surface area contributed by atoms with Gasteiger partial charge < -0.3 is 5.73 Å². The molecule has 0 saturated heterocycles. The van der Waals surface area contributed by atoms with Gasteiger partial charge in [-0.2, -0.15) is 0 Å². The summed E-state index contributed by atoms with van der Waals surface area (Å²) < 4.78 is 12.0. The average molecular weight is 231 g/mol. The zero-order valence-corrected chi connectivity index (χ0v) is 10.9. The summed E-state index contributed by atoms with van der Waals surface area (Å²) in [7, 11) is -0.678. The third kappa shape index (κ3) is 4.23. The van der Waals surface area contributed by atoms with Gasteiger partial charge in [-0.05, 0) is 38.0 Å². The van der Waals surface area contributed by atoms with Crippen molar-refractivity contribution in [3.63, 3.8) is 0 Å². The SMILES string of the molecule is CCC(N)CS(=O)C1CCC(CC)CC1. The fourth-order valence-electron chi connectivity index (χ4n) is 2.27. The van der Waals surface area contributed by atoms with Crippen molar-refractivity contribution >= 4 is 10.8 Å². The maximum atomic E-state index is 12.0. The number of rotatable bonds is 5. The molecule has 2 atom stereocenters. The van der Waals surface area contributed by atoms with Gasteiger partial charge in [0, 0.05) is 27.8 Å². The summed E-state index contributed by atoms with van der Waals surface area (Å²) in [5.74, 6) is 1.59. The monoisotopic (exact) mass is 231 g/mol. The fraction of sp³-hybridized carbons (Fsp3) is 1.00. The van der Waals surface area contributed by atoms with E-state index in [2.05, 4.69) is 13.8 Å². The van der Waals surface area contributed by atoms with E-state index in [1.807, 2.05) is 0 Å². The van der Waals surface area contributed by atoms with Gasteiger partial charge in [-0.1, -0.05) is 20.3 Å². The van der Waals surface area contributed by atoms with Crippen molar-refractivity contribution in [2.75, 3.05) is 5.75 Å². The minimum Gasteiger partial charge on any atom is -0.327 e. The fourth-order valence-corrected chi connectivity index (χ4v) is 4.00. The molecule has 1 rings (SSSR count). The number of nitrogens with two attached hydrogens (primary N) is 1. The summed E-state index contributed by atoms with van der Waals surface area (Å²) in [5, 5.41) is 0.436. The van der Waals surface area contributed by atoms with Crippen molar-refractivity contribution in [3.05, 3.63) is 0 Å². The lowest BCUT2D eigenvalue weighted by Gasteiger charge is -2.27. The van der Waals surface area contributed by atoms with Crippen LogP contribution < -0.4 is 5.73 Å². The van der Waals surface area contributed by atoms with Gasteiger partial charge in [0.2, 0.25) is 0 Å². The quantitative estimate of drug-likeness (QED) is 0.790. The van der Waals surface area contributed by atoms with E-state index >= 15 is 0 Å². The standard InChI is InChI=1S/C12H25NOS/c1-3-10-5-7-12(8-6-10)15(14)9-11(13)4-2/h10-12H,3-9,13H2,1-2H3. The third-order valence-corrected chi connectivity index (χ3v) is 5.62. The van der Waals surface area contributed by atoms with Crippen molar-refractivity contribution in [2.24, 2.45) is 11.7 Å². The number of hydrogen-bond donors (Lipinski definition) is 1. The lowest BCUT2D eigenvalue weighted by atomic mass is 9.87. The van der Waals surface area contributed by atoms with E-state index in [-0.39, 0.29) is 6.04 Å². The first-order chi connectivity index (χ1) is 7.17. The maximum Gasteiger partial charge on any atom is 0.0389 e. The van der Waals surface area contributed by atoms with Crippen LogP contribution in [-0.4, -0.2) is 21.3 Å². The van der Waals surface area contributed by atoms with Crippen LogP contribution in [-0.2, 0) is 10.8 Å². The number of hydrogen-bond acceptors (Lipinski definition) is 2. The molecule has 0 radical (unpaired) electrons. The molecule has 2 N–H and O–H groups in total. The highest BCUT2D eigenvalue weighted by molar-refractivity contribution is 7.85. The van der Waals surface area contributed by atoms with E-state index in [9.17, 15) is 4.21 Å². The summed E-state index contributed by atoms with van der Waals surface area (Å²) >= 11 is 0. The Morgan fingerprint density at radius 2 is 1.87 bits per heavy atom. The van der Waals surface area contributed by atoms with E-state index in [0.717, 1.165) is 25.2 Å². The van der Waals surface area contributed by atoms with Crippen LogP contribution in [0.15, 0.2) is 0 Å². The smallest absolute Gasteiger partial charge is 0.0389 e. The summed E-state index contributed by atoms with van der Waals surface area (Å²) in [6.07, 6.45) is 7.08. The Morgan fingerprint density at radius 1 is 1.27 bits per heavy atom. The summed E-state index contributed by atoms with van der Waals surface area (Å²) in [5.41, 5.74) is 5.84. The summed E-state index contributed by atoms with van der Waals surface area (Å²) in [6.45, 7) is 4.32. The van der Waals surface area contributed by atoms with E-state index in [0.29, 0.717) is 11.0 Å². The molecule has 0 aliphatic heterocycles. The second kappa shape index (κ2) is 6.64. The molecule has 0 aromatic rings. The molecule has 90 valence electrons. The summed E-state index contributed by atoms with van der Waals surface area (Å²) in [4.78, 5) is 0. The van der Waals surface area contributed by atoms with Gasteiger partial charge >= 0.3 is 0 Å². The van der Waals surface area contributed by atoms with Crippen LogP contribution in [0.5, 0.6) is 0 Å². The third-order valence-electron chi connectivity index (χ3n) is 3.65. The van der Waals surface area contributed by atoms with Gasteiger partial charge in [0.15, 0.2) is 0 Å². The lowest BCUT2D eigenvalue weighted by molar-refractivity contribution is 0.353. The second-order valence-electron chi connectivity index (χ2n) is 4.77. The van der Waals surface area contributed by atoms with Crippen LogP contribution in [0, 0.1) is 5.92 Å². The van der Waals surface area contributed by atoms with Crippen molar-refractivity contribution in [2.45, 2.75) is 63.7 Å². The lowest BCUT2D eigenvalue weighted by Crippen LogP contribution is -2.32. The Kier molecular flexibility index (Phi) is 5.83. The Balaban J connectivity index is 2.30. The molecule has 1 aliphatic carbocycles. The van der Waals surface area contributed by atoms with Crippen LogP contribution in [0.3, 0.4) is 0 Å². The predicted octanol–water partition coefficient (Wildman–Crippen LogP) is 2.44. The molecule has 1 aliphatic rings. The maximum absolute atomic E-state index is 12.0. The van der Waals surface area contributed by atoms with E-state index < -0.39 is 10.8 Å². The molecule has 0 bridgehead atoms. The van der Waals surface area contributed by atoms with Crippen molar-refractivity contribution < 1.29 is 4.21 Å². The first kappa shape index (κ1) is 13.2.